The second-order valence-electron chi connectivity index (χ2n) is 5.70. The number of urea groups is 1. The van der Waals surface area contributed by atoms with E-state index in [9.17, 15) is 4.79 Å². The van der Waals surface area contributed by atoms with Crippen LogP contribution in [-0.2, 0) is 6.42 Å². The summed E-state index contributed by atoms with van der Waals surface area (Å²) < 4.78 is 7.00. The highest BCUT2D eigenvalue weighted by Crippen LogP contribution is 2.24. The summed E-state index contributed by atoms with van der Waals surface area (Å²) in [6.45, 7) is 0.496. The fourth-order valence-corrected chi connectivity index (χ4v) is 4.10. The van der Waals surface area contributed by atoms with Gasteiger partial charge in [-0.25, -0.2) is 9.31 Å². The number of aromatic nitrogens is 3. The van der Waals surface area contributed by atoms with E-state index in [1.54, 1.807) is 35.8 Å². The fourth-order valence-electron chi connectivity index (χ4n) is 2.59. The SMILES string of the molecule is COc1cccc(NC(=O)NCCc2csc3nc(-c4cccs4)nn23)c1. The maximum absolute atomic E-state index is 12.1. The number of anilines is 1. The number of nitrogens with one attached hydrogen (secondary N) is 2. The number of fused-ring (bicyclic) bond motifs is 1. The van der Waals surface area contributed by atoms with Crippen LogP contribution < -0.4 is 15.4 Å². The molecule has 0 radical (unpaired) electrons. The van der Waals surface area contributed by atoms with Gasteiger partial charge < -0.3 is 15.4 Å². The summed E-state index contributed by atoms with van der Waals surface area (Å²) >= 11 is 3.17. The molecule has 2 N–H and O–H groups in total. The molecule has 0 bridgehead atoms. The molecule has 0 saturated heterocycles. The average Bonchev–Trinajstić information content (AvgIpc) is 3.39. The Morgan fingerprint density at radius 2 is 2.19 bits per heavy atom. The van der Waals surface area contributed by atoms with E-state index < -0.39 is 0 Å². The van der Waals surface area contributed by atoms with E-state index in [2.05, 4.69) is 20.7 Å². The number of rotatable bonds is 6. The van der Waals surface area contributed by atoms with Crippen LogP contribution in [0, 0.1) is 0 Å². The van der Waals surface area contributed by atoms with Crippen molar-refractivity contribution in [3.8, 4) is 16.5 Å². The third kappa shape index (κ3) is 3.93. The van der Waals surface area contributed by atoms with Crippen molar-refractivity contribution >= 4 is 39.4 Å². The van der Waals surface area contributed by atoms with E-state index in [4.69, 9.17) is 4.74 Å². The summed E-state index contributed by atoms with van der Waals surface area (Å²) in [5.41, 5.74) is 1.70. The molecule has 2 amide bonds. The number of hydrogen-bond donors (Lipinski definition) is 2. The van der Waals surface area contributed by atoms with E-state index in [1.165, 1.54) is 0 Å². The zero-order chi connectivity index (χ0) is 18.6. The van der Waals surface area contributed by atoms with Gasteiger partial charge in [0.25, 0.3) is 0 Å². The average molecular weight is 400 g/mol. The number of methoxy groups -OCH3 is 1. The van der Waals surface area contributed by atoms with Crippen molar-refractivity contribution in [1.82, 2.24) is 19.9 Å². The first-order chi connectivity index (χ1) is 13.2. The van der Waals surface area contributed by atoms with Crippen LogP contribution in [0.25, 0.3) is 15.7 Å². The fraction of sp³-hybridized carbons (Fsp3) is 0.167. The molecule has 0 aliphatic heterocycles. The summed E-state index contributed by atoms with van der Waals surface area (Å²) in [5.74, 6) is 1.43. The Kier molecular flexibility index (Phi) is 5.03. The first kappa shape index (κ1) is 17.5. The first-order valence-corrected chi connectivity index (χ1v) is 10.0. The van der Waals surface area contributed by atoms with Gasteiger partial charge in [0.1, 0.15) is 5.75 Å². The number of thiophene rings is 1. The largest absolute Gasteiger partial charge is 0.497 e. The zero-order valence-electron chi connectivity index (χ0n) is 14.5. The van der Waals surface area contributed by atoms with Crippen LogP contribution in [0.5, 0.6) is 5.75 Å². The van der Waals surface area contributed by atoms with Gasteiger partial charge in [-0.3, -0.25) is 0 Å². The van der Waals surface area contributed by atoms with E-state index >= 15 is 0 Å². The first-order valence-electron chi connectivity index (χ1n) is 8.29. The molecule has 0 spiro atoms. The van der Waals surface area contributed by atoms with Crippen molar-refractivity contribution < 1.29 is 9.53 Å². The molecule has 4 aromatic rings. The van der Waals surface area contributed by atoms with Gasteiger partial charge >= 0.3 is 6.03 Å². The van der Waals surface area contributed by atoms with Crippen LogP contribution in [0.1, 0.15) is 5.69 Å². The van der Waals surface area contributed by atoms with Crippen LogP contribution in [0.3, 0.4) is 0 Å². The van der Waals surface area contributed by atoms with E-state index in [1.807, 2.05) is 45.6 Å². The van der Waals surface area contributed by atoms with Crippen LogP contribution in [-0.4, -0.2) is 34.3 Å². The number of nitrogens with zero attached hydrogens (tertiary/aromatic N) is 3. The lowest BCUT2D eigenvalue weighted by molar-refractivity contribution is 0.252. The molecule has 138 valence electrons. The number of carbonyl (C=O) groups is 1. The normalized spacial score (nSPS) is 10.9. The van der Waals surface area contributed by atoms with Gasteiger partial charge in [-0.15, -0.1) is 27.8 Å². The molecule has 7 nitrogen and oxygen atoms in total. The minimum Gasteiger partial charge on any atom is -0.497 e. The summed E-state index contributed by atoms with van der Waals surface area (Å²) in [4.78, 5) is 18.5. The number of ether oxygens (including phenoxy) is 1. The van der Waals surface area contributed by atoms with Gasteiger partial charge in [-0.1, -0.05) is 12.1 Å². The molecule has 0 aliphatic rings. The highest BCUT2D eigenvalue weighted by molar-refractivity contribution is 7.15. The van der Waals surface area contributed by atoms with Crippen LogP contribution in [0.15, 0.2) is 47.2 Å². The van der Waals surface area contributed by atoms with Gasteiger partial charge in [0.2, 0.25) is 4.96 Å². The Labute approximate surface area is 163 Å². The van der Waals surface area contributed by atoms with Crippen molar-refractivity contribution in [2.24, 2.45) is 0 Å². The highest BCUT2D eigenvalue weighted by atomic mass is 32.1. The van der Waals surface area contributed by atoms with E-state index in [-0.39, 0.29) is 6.03 Å². The lowest BCUT2D eigenvalue weighted by Gasteiger charge is -2.08. The predicted molar refractivity (Wildman–Crippen MR) is 108 cm³/mol. The molecular weight excluding hydrogens is 382 g/mol. The Hall–Kier alpha value is -2.91. The zero-order valence-corrected chi connectivity index (χ0v) is 16.1. The lowest BCUT2D eigenvalue weighted by atomic mass is 10.3. The summed E-state index contributed by atoms with van der Waals surface area (Å²) in [7, 11) is 1.59. The Balaban J connectivity index is 1.35. The summed E-state index contributed by atoms with van der Waals surface area (Å²) in [6, 6.07) is 11.0. The number of benzene rings is 1. The van der Waals surface area contributed by atoms with Gasteiger partial charge in [-0.05, 0) is 23.6 Å². The molecule has 3 aromatic heterocycles. The molecule has 0 saturated carbocycles. The molecule has 0 aliphatic carbocycles. The van der Waals surface area contributed by atoms with E-state index in [0.29, 0.717) is 24.4 Å². The Bertz CT molecular complexity index is 1060. The molecule has 27 heavy (non-hydrogen) atoms. The van der Waals surface area contributed by atoms with Crippen LogP contribution >= 0.6 is 22.7 Å². The minimum atomic E-state index is -0.257. The van der Waals surface area contributed by atoms with Crippen molar-refractivity contribution in [3.05, 3.63) is 52.9 Å². The molecule has 1 aromatic carbocycles. The third-order valence-corrected chi connectivity index (χ3v) is 5.62. The molecule has 0 fully saturated rings. The molecule has 0 atom stereocenters. The third-order valence-electron chi connectivity index (χ3n) is 3.89. The topological polar surface area (TPSA) is 80.5 Å². The van der Waals surface area contributed by atoms with Gasteiger partial charge in [0.15, 0.2) is 5.82 Å². The molecular formula is C18H17N5O2S2. The predicted octanol–water partition coefficient (Wildman–Crippen LogP) is 3.89. The standard InChI is InChI=1S/C18H17N5O2S2/c1-25-14-5-2-4-12(10-14)20-17(24)19-8-7-13-11-27-18-21-16(22-23(13)18)15-6-3-9-26-15/h2-6,9-11H,7-8H2,1H3,(H2,19,20,24). The summed E-state index contributed by atoms with van der Waals surface area (Å²) in [6.07, 6.45) is 0.665. The number of hydrogen-bond acceptors (Lipinski definition) is 6. The highest BCUT2D eigenvalue weighted by Gasteiger charge is 2.12. The molecule has 4 rings (SSSR count). The van der Waals surface area contributed by atoms with Gasteiger partial charge in [0, 0.05) is 30.1 Å². The van der Waals surface area contributed by atoms with Gasteiger partial charge in [0.05, 0.1) is 17.7 Å². The van der Waals surface area contributed by atoms with Crippen molar-refractivity contribution in [2.45, 2.75) is 6.42 Å². The Morgan fingerprint density at radius 1 is 1.26 bits per heavy atom. The second kappa shape index (κ2) is 7.77. The van der Waals surface area contributed by atoms with Gasteiger partial charge in [-0.2, -0.15) is 4.98 Å². The van der Waals surface area contributed by atoms with Crippen LogP contribution in [0.4, 0.5) is 10.5 Å². The number of carbonyl (C=O) groups excluding carboxylic acids is 1. The minimum absolute atomic E-state index is 0.257. The maximum atomic E-state index is 12.1. The second-order valence-corrected chi connectivity index (χ2v) is 7.48. The maximum Gasteiger partial charge on any atom is 0.319 e. The summed E-state index contributed by atoms with van der Waals surface area (Å²) in [5, 5.41) is 14.3. The van der Waals surface area contributed by atoms with Crippen molar-refractivity contribution in [1.29, 1.82) is 0 Å². The molecule has 0 unspecified atom stereocenters. The quantitative estimate of drug-likeness (QED) is 0.515. The molecule has 3 heterocycles. The molecule has 9 heteroatoms. The Morgan fingerprint density at radius 3 is 3.00 bits per heavy atom. The lowest BCUT2D eigenvalue weighted by Crippen LogP contribution is -2.30. The van der Waals surface area contributed by atoms with Crippen LogP contribution in [0.2, 0.25) is 0 Å². The van der Waals surface area contributed by atoms with Crippen molar-refractivity contribution in [2.75, 3.05) is 19.0 Å². The monoisotopic (exact) mass is 399 g/mol. The number of amides is 2. The van der Waals surface area contributed by atoms with Crippen molar-refractivity contribution in [3.63, 3.8) is 0 Å². The number of thiazole rings is 1. The van der Waals surface area contributed by atoms with E-state index in [0.717, 1.165) is 21.4 Å². The smallest absolute Gasteiger partial charge is 0.319 e.